The van der Waals surface area contributed by atoms with Gasteiger partial charge in [-0.3, -0.25) is 9.69 Å². The number of hydrogen-bond donors (Lipinski definition) is 1. The van der Waals surface area contributed by atoms with Gasteiger partial charge in [0.05, 0.1) is 6.54 Å². The van der Waals surface area contributed by atoms with Gasteiger partial charge in [-0.1, -0.05) is 24.3 Å². The van der Waals surface area contributed by atoms with Crippen molar-refractivity contribution in [3.63, 3.8) is 0 Å². The normalized spacial score (nSPS) is 15.2. The number of carbonyl (C=O) groups excluding carboxylic acids is 1. The molecule has 0 atom stereocenters. The summed E-state index contributed by atoms with van der Waals surface area (Å²) >= 11 is 0. The van der Waals surface area contributed by atoms with Crippen LogP contribution in [0.1, 0.15) is 11.1 Å². The third-order valence-corrected chi connectivity index (χ3v) is 4.67. The van der Waals surface area contributed by atoms with Crippen molar-refractivity contribution in [2.45, 2.75) is 13.5 Å². The molecule has 1 aliphatic heterocycles. The van der Waals surface area contributed by atoms with E-state index in [1.807, 2.05) is 18.2 Å². The number of nitrogens with one attached hydrogen (secondary N) is 1. The first kappa shape index (κ1) is 17.4. The Morgan fingerprint density at radius 1 is 1.04 bits per heavy atom. The number of aryl methyl sites for hydroxylation is 1. The van der Waals surface area contributed by atoms with E-state index < -0.39 is 0 Å². The molecule has 0 unspecified atom stereocenters. The fraction of sp³-hybridized carbons (Fsp3) is 0.350. The molecule has 25 heavy (non-hydrogen) atoms. The van der Waals surface area contributed by atoms with Gasteiger partial charge in [-0.25, -0.2) is 4.39 Å². The Labute approximate surface area is 148 Å². The monoisotopic (exact) mass is 341 g/mol. The largest absolute Gasteiger partial charge is 0.369 e. The molecular weight excluding hydrogens is 317 g/mol. The number of nitrogens with zero attached hydrogens (tertiary/aromatic N) is 2. The van der Waals surface area contributed by atoms with Gasteiger partial charge in [0, 0.05) is 38.4 Å². The van der Waals surface area contributed by atoms with Crippen LogP contribution in [0.15, 0.2) is 48.5 Å². The molecule has 0 aliphatic carbocycles. The Morgan fingerprint density at radius 2 is 1.72 bits per heavy atom. The zero-order chi connectivity index (χ0) is 17.6. The topological polar surface area (TPSA) is 35.6 Å². The molecule has 1 saturated heterocycles. The Hall–Kier alpha value is -2.40. The highest BCUT2D eigenvalue weighted by Crippen LogP contribution is 2.16. The van der Waals surface area contributed by atoms with Gasteiger partial charge < -0.3 is 10.2 Å². The molecule has 0 radical (unpaired) electrons. The lowest BCUT2D eigenvalue weighted by Gasteiger charge is -2.35. The number of rotatable bonds is 5. The van der Waals surface area contributed by atoms with E-state index in [1.54, 1.807) is 12.1 Å². The van der Waals surface area contributed by atoms with E-state index in [-0.39, 0.29) is 11.7 Å². The predicted molar refractivity (Wildman–Crippen MR) is 98.1 cm³/mol. The molecule has 2 aromatic carbocycles. The molecule has 0 bridgehead atoms. The maximum absolute atomic E-state index is 13.0. The third kappa shape index (κ3) is 4.79. The first-order valence-electron chi connectivity index (χ1n) is 8.66. The highest BCUT2D eigenvalue weighted by Gasteiger charge is 2.19. The van der Waals surface area contributed by atoms with Crippen LogP contribution in [0, 0.1) is 12.7 Å². The average molecular weight is 341 g/mol. The van der Waals surface area contributed by atoms with Gasteiger partial charge in [0.2, 0.25) is 5.91 Å². The van der Waals surface area contributed by atoms with Crippen LogP contribution < -0.4 is 10.2 Å². The molecule has 1 fully saturated rings. The lowest BCUT2D eigenvalue weighted by atomic mass is 10.1. The van der Waals surface area contributed by atoms with Crippen molar-refractivity contribution < 1.29 is 9.18 Å². The van der Waals surface area contributed by atoms with Crippen LogP contribution in [0.3, 0.4) is 0 Å². The quantitative estimate of drug-likeness (QED) is 0.908. The number of amides is 1. The molecule has 3 rings (SSSR count). The van der Waals surface area contributed by atoms with E-state index in [2.05, 4.69) is 28.1 Å². The number of hydrogen-bond acceptors (Lipinski definition) is 3. The van der Waals surface area contributed by atoms with E-state index in [0.717, 1.165) is 37.4 Å². The van der Waals surface area contributed by atoms with Gasteiger partial charge in [0.1, 0.15) is 5.82 Å². The van der Waals surface area contributed by atoms with Crippen molar-refractivity contribution in [1.82, 2.24) is 10.2 Å². The molecule has 4 nitrogen and oxygen atoms in total. The summed E-state index contributed by atoms with van der Waals surface area (Å²) in [5.74, 6) is -0.161. The van der Waals surface area contributed by atoms with Crippen molar-refractivity contribution in [2.75, 3.05) is 37.6 Å². The Balaban J connectivity index is 1.43. The molecule has 1 heterocycles. The van der Waals surface area contributed by atoms with Gasteiger partial charge in [-0.2, -0.15) is 0 Å². The minimum Gasteiger partial charge on any atom is -0.369 e. The summed E-state index contributed by atoms with van der Waals surface area (Å²) in [5.41, 5.74) is 3.37. The molecule has 1 N–H and O–H groups in total. The Morgan fingerprint density at radius 3 is 2.40 bits per heavy atom. The second-order valence-corrected chi connectivity index (χ2v) is 6.44. The second-order valence-electron chi connectivity index (χ2n) is 6.44. The van der Waals surface area contributed by atoms with Gasteiger partial charge in [0.15, 0.2) is 0 Å². The average Bonchev–Trinajstić information content (AvgIpc) is 2.62. The van der Waals surface area contributed by atoms with Gasteiger partial charge in [-0.05, 0) is 42.3 Å². The highest BCUT2D eigenvalue weighted by molar-refractivity contribution is 5.78. The lowest BCUT2D eigenvalue weighted by Crippen LogP contribution is -2.49. The summed E-state index contributed by atoms with van der Waals surface area (Å²) in [6.45, 7) is 6.39. The van der Waals surface area contributed by atoms with Crippen LogP contribution in [0.2, 0.25) is 0 Å². The van der Waals surface area contributed by atoms with E-state index >= 15 is 0 Å². The van der Waals surface area contributed by atoms with Crippen molar-refractivity contribution in [3.05, 3.63) is 65.5 Å². The maximum atomic E-state index is 13.0. The van der Waals surface area contributed by atoms with E-state index in [1.165, 1.54) is 17.7 Å². The number of halogens is 1. The SMILES string of the molecule is Cc1ccccc1CNC(=O)CN1CCN(c2ccc(F)cc2)CC1. The van der Waals surface area contributed by atoms with Crippen LogP contribution in [0.5, 0.6) is 0 Å². The first-order valence-corrected chi connectivity index (χ1v) is 8.66. The van der Waals surface area contributed by atoms with Gasteiger partial charge in [0.25, 0.3) is 0 Å². The number of piperazine rings is 1. The fourth-order valence-corrected chi connectivity index (χ4v) is 3.08. The highest BCUT2D eigenvalue weighted by atomic mass is 19.1. The zero-order valence-corrected chi connectivity index (χ0v) is 14.5. The van der Waals surface area contributed by atoms with E-state index in [9.17, 15) is 9.18 Å². The van der Waals surface area contributed by atoms with Crippen molar-refractivity contribution in [3.8, 4) is 0 Å². The Bertz CT molecular complexity index is 709. The maximum Gasteiger partial charge on any atom is 0.234 e. The summed E-state index contributed by atoms with van der Waals surface area (Å²) in [7, 11) is 0. The molecule has 132 valence electrons. The van der Waals surface area contributed by atoms with Crippen LogP contribution >= 0.6 is 0 Å². The number of benzene rings is 2. The van der Waals surface area contributed by atoms with E-state index in [0.29, 0.717) is 13.1 Å². The standard InChI is InChI=1S/C20H24FN3O/c1-16-4-2-3-5-17(16)14-22-20(25)15-23-10-12-24(13-11-23)19-8-6-18(21)7-9-19/h2-9H,10-15H2,1H3,(H,22,25). The minimum atomic E-state index is -0.215. The molecule has 1 aliphatic rings. The minimum absolute atomic E-state index is 0.0542. The number of anilines is 1. The fourth-order valence-electron chi connectivity index (χ4n) is 3.08. The molecule has 2 aromatic rings. The third-order valence-electron chi connectivity index (χ3n) is 4.67. The molecule has 1 amide bonds. The second kappa shape index (κ2) is 8.12. The lowest BCUT2D eigenvalue weighted by molar-refractivity contribution is -0.122. The van der Waals surface area contributed by atoms with Gasteiger partial charge in [-0.15, -0.1) is 0 Å². The first-order chi connectivity index (χ1) is 12.1. The summed E-state index contributed by atoms with van der Waals surface area (Å²) in [5, 5.41) is 3.00. The molecule has 5 heteroatoms. The number of carbonyl (C=O) groups is 1. The molecular formula is C20H24FN3O. The van der Waals surface area contributed by atoms with E-state index in [4.69, 9.17) is 0 Å². The van der Waals surface area contributed by atoms with Crippen LogP contribution in [-0.2, 0) is 11.3 Å². The van der Waals surface area contributed by atoms with Gasteiger partial charge >= 0.3 is 0 Å². The molecule has 0 aromatic heterocycles. The van der Waals surface area contributed by atoms with Crippen LogP contribution in [0.4, 0.5) is 10.1 Å². The van der Waals surface area contributed by atoms with Crippen molar-refractivity contribution in [2.24, 2.45) is 0 Å². The van der Waals surface area contributed by atoms with Crippen molar-refractivity contribution >= 4 is 11.6 Å². The smallest absolute Gasteiger partial charge is 0.234 e. The molecule has 0 spiro atoms. The summed E-state index contributed by atoms with van der Waals surface area (Å²) < 4.78 is 13.0. The summed E-state index contributed by atoms with van der Waals surface area (Å²) in [6, 6.07) is 14.7. The predicted octanol–water partition coefficient (Wildman–Crippen LogP) is 2.57. The zero-order valence-electron chi connectivity index (χ0n) is 14.5. The molecule has 0 saturated carbocycles. The van der Waals surface area contributed by atoms with Crippen molar-refractivity contribution in [1.29, 1.82) is 0 Å². The Kier molecular flexibility index (Phi) is 5.66. The summed E-state index contributed by atoms with van der Waals surface area (Å²) in [4.78, 5) is 16.6. The van der Waals surface area contributed by atoms with Crippen LogP contribution in [-0.4, -0.2) is 43.5 Å². The van der Waals surface area contributed by atoms with Crippen LogP contribution in [0.25, 0.3) is 0 Å². The summed E-state index contributed by atoms with van der Waals surface area (Å²) in [6.07, 6.45) is 0.